The largest absolute Gasteiger partial charge is 0.454 e. The smallest absolute Gasteiger partial charge is 0.322 e. The van der Waals surface area contributed by atoms with Gasteiger partial charge in [-0.3, -0.25) is 0 Å². The summed E-state index contributed by atoms with van der Waals surface area (Å²) in [6.07, 6.45) is 0. The van der Waals surface area contributed by atoms with Crippen LogP contribution in [-0.4, -0.2) is 17.7 Å². The van der Waals surface area contributed by atoms with Crippen molar-refractivity contribution in [2.75, 3.05) is 12.1 Å². The molecular formula is C23H22N2O3. The zero-order valence-electron chi connectivity index (χ0n) is 15.7. The van der Waals surface area contributed by atoms with Gasteiger partial charge in [-0.15, -0.1) is 0 Å². The highest BCUT2D eigenvalue weighted by Gasteiger charge is 2.18. The first kappa shape index (κ1) is 17.9. The van der Waals surface area contributed by atoms with Gasteiger partial charge in [0.05, 0.1) is 0 Å². The minimum Gasteiger partial charge on any atom is -0.454 e. The Morgan fingerprint density at radius 1 is 0.893 bits per heavy atom. The van der Waals surface area contributed by atoms with Gasteiger partial charge in [0.1, 0.15) is 0 Å². The Hall–Kier alpha value is -3.47. The van der Waals surface area contributed by atoms with E-state index in [1.165, 1.54) is 0 Å². The summed E-state index contributed by atoms with van der Waals surface area (Å²) in [5, 5.41) is 3.03. The molecule has 142 valence electrons. The second-order valence-electron chi connectivity index (χ2n) is 6.77. The number of hydrogen-bond donors (Lipinski definition) is 1. The highest BCUT2D eigenvalue weighted by molar-refractivity contribution is 5.90. The summed E-state index contributed by atoms with van der Waals surface area (Å²) < 4.78 is 10.8. The van der Waals surface area contributed by atoms with Gasteiger partial charge in [-0.25, -0.2) is 4.79 Å². The van der Waals surface area contributed by atoms with Crippen molar-refractivity contribution in [3.63, 3.8) is 0 Å². The van der Waals surface area contributed by atoms with Crippen molar-refractivity contribution in [2.24, 2.45) is 0 Å². The molecule has 0 aliphatic carbocycles. The molecule has 3 aromatic rings. The standard InChI is InChI=1S/C23H22N2O3/c1-17-7-5-6-10-20(17)24-23(26)25(14-18-8-3-2-4-9-18)15-19-11-12-21-22(13-19)28-16-27-21/h2-13H,14-16H2,1H3,(H,24,26). The van der Waals surface area contributed by atoms with Gasteiger partial charge in [0.2, 0.25) is 6.79 Å². The molecule has 5 heteroatoms. The number of para-hydroxylation sites is 1. The maximum absolute atomic E-state index is 13.1. The molecule has 0 saturated carbocycles. The van der Waals surface area contributed by atoms with Crippen LogP contribution in [0.4, 0.5) is 10.5 Å². The van der Waals surface area contributed by atoms with Crippen LogP contribution in [-0.2, 0) is 13.1 Å². The van der Waals surface area contributed by atoms with Crippen molar-refractivity contribution < 1.29 is 14.3 Å². The van der Waals surface area contributed by atoms with E-state index in [0.717, 1.165) is 33.9 Å². The van der Waals surface area contributed by atoms with Gasteiger partial charge in [0.25, 0.3) is 0 Å². The monoisotopic (exact) mass is 374 g/mol. The number of benzene rings is 3. The molecule has 0 fully saturated rings. The van der Waals surface area contributed by atoms with E-state index in [-0.39, 0.29) is 12.8 Å². The third kappa shape index (κ3) is 4.09. The number of nitrogens with zero attached hydrogens (tertiary/aromatic N) is 1. The number of hydrogen-bond acceptors (Lipinski definition) is 3. The normalized spacial score (nSPS) is 11.9. The number of amides is 2. The third-order valence-corrected chi connectivity index (χ3v) is 4.70. The maximum Gasteiger partial charge on any atom is 0.322 e. The SMILES string of the molecule is Cc1ccccc1NC(=O)N(Cc1ccccc1)Cc1ccc2c(c1)OCO2. The summed E-state index contributed by atoms with van der Waals surface area (Å²) in [5.74, 6) is 1.46. The Kier molecular flexibility index (Phi) is 5.15. The van der Waals surface area contributed by atoms with Crippen LogP contribution < -0.4 is 14.8 Å². The predicted octanol–water partition coefficient (Wildman–Crippen LogP) is 4.96. The van der Waals surface area contributed by atoms with Crippen molar-refractivity contribution >= 4 is 11.7 Å². The molecule has 1 heterocycles. The van der Waals surface area contributed by atoms with Crippen molar-refractivity contribution in [1.82, 2.24) is 4.90 Å². The van der Waals surface area contributed by atoms with Gasteiger partial charge in [-0.2, -0.15) is 0 Å². The van der Waals surface area contributed by atoms with E-state index < -0.39 is 0 Å². The number of ether oxygens (including phenoxy) is 2. The van der Waals surface area contributed by atoms with Crippen molar-refractivity contribution in [3.8, 4) is 11.5 Å². The quantitative estimate of drug-likeness (QED) is 0.687. The van der Waals surface area contributed by atoms with Gasteiger partial charge in [-0.1, -0.05) is 54.6 Å². The Morgan fingerprint density at radius 3 is 2.43 bits per heavy atom. The first-order valence-corrected chi connectivity index (χ1v) is 9.23. The zero-order chi connectivity index (χ0) is 19.3. The Morgan fingerprint density at radius 2 is 1.61 bits per heavy atom. The van der Waals surface area contributed by atoms with Crippen LogP contribution in [0.3, 0.4) is 0 Å². The molecule has 1 aliphatic heterocycles. The van der Waals surface area contributed by atoms with E-state index in [1.807, 2.05) is 79.7 Å². The van der Waals surface area contributed by atoms with E-state index in [9.17, 15) is 4.79 Å². The number of aryl methyl sites for hydroxylation is 1. The molecular weight excluding hydrogens is 352 g/mol. The van der Waals surface area contributed by atoms with Crippen molar-refractivity contribution in [3.05, 3.63) is 89.5 Å². The lowest BCUT2D eigenvalue weighted by Crippen LogP contribution is -2.34. The molecule has 0 unspecified atom stereocenters. The minimum absolute atomic E-state index is 0.143. The number of nitrogens with one attached hydrogen (secondary N) is 1. The van der Waals surface area contributed by atoms with Crippen LogP contribution in [0.5, 0.6) is 11.5 Å². The second kappa shape index (κ2) is 8.05. The van der Waals surface area contributed by atoms with Crippen LogP contribution in [0.1, 0.15) is 16.7 Å². The molecule has 2 amide bonds. The van der Waals surface area contributed by atoms with Crippen molar-refractivity contribution in [1.29, 1.82) is 0 Å². The fourth-order valence-electron chi connectivity index (χ4n) is 3.17. The zero-order valence-corrected chi connectivity index (χ0v) is 15.7. The van der Waals surface area contributed by atoms with Crippen molar-refractivity contribution in [2.45, 2.75) is 20.0 Å². The lowest BCUT2D eigenvalue weighted by atomic mass is 10.1. The molecule has 0 saturated heterocycles. The summed E-state index contributed by atoms with van der Waals surface area (Å²) >= 11 is 0. The van der Waals surface area contributed by atoms with Crippen LogP contribution in [0.2, 0.25) is 0 Å². The third-order valence-electron chi connectivity index (χ3n) is 4.70. The Balaban J connectivity index is 1.56. The number of fused-ring (bicyclic) bond motifs is 1. The lowest BCUT2D eigenvalue weighted by Gasteiger charge is -2.24. The van der Waals surface area contributed by atoms with Gasteiger partial charge in [0.15, 0.2) is 11.5 Å². The minimum atomic E-state index is -0.143. The molecule has 0 radical (unpaired) electrons. The van der Waals surface area contributed by atoms with Gasteiger partial charge in [0, 0.05) is 18.8 Å². The van der Waals surface area contributed by atoms with Crippen LogP contribution in [0, 0.1) is 6.92 Å². The van der Waals surface area contributed by atoms with E-state index in [2.05, 4.69) is 5.32 Å². The van der Waals surface area contributed by atoms with Crippen LogP contribution in [0.25, 0.3) is 0 Å². The summed E-state index contributed by atoms with van der Waals surface area (Å²) in [6.45, 7) is 3.19. The molecule has 0 spiro atoms. The summed E-state index contributed by atoms with van der Waals surface area (Å²) in [6, 6.07) is 23.4. The topological polar surface area (TPSA) is 50.8 Å². The summed E-state index contributed by atoms with van der Waals surface area (Å²) in [7, 11) is 0. The first-order chi connectivity index (χ1) is 13.7. The molecule has 5 nitrogen and oxygen atoms in total. The molecule has 0 aromatic heterocycles. The summed E-state index contributed by atoms with van der Waals surface area (Å²) in [5.41, 5.74) is 3.90. The van der Waals surface area contributed by atoms with E-state index in [1.54, 1.807) is 4.90 Å². The fourth-order valence-corrected chi connectivity index (χ4v) is 3.17. The second-order valence-corrected chi connectivity index (χ2v) is 6.77. The molecule has 4 rings (SSSR count). The molecule has 28 heavy (non-hydrogen) atoms. The van der Waals surface area contributed by atoms with E-state index >= 15 is 0 Å². The fraction of sp³-hybridized carbons (Fsp3) is 0.174. The number of carbonyl (C=O) groups is 1. The number of rotatable bonds is 5. The number of anilines is 1. The van der Waals surface area contributed by atoms with Gasteiger partial charge in [-0.05, 0) is 41.8 Å². The molecule has 3 aromatic carbocycles. The molecule has 0 bridgehead atoms. The summed E-state index contributed by atoms with van der Waals surface area (Å²) in [4.78, 5) is 14.9. The first-order valence-electron chi connectivity index (χ1n) is 9.23. The van der Waals surface area contributed by atoms with E-state index in [4.69, 9.17) is 9.47 Å². The highest BCUT2D eigenvalue weighted by Crippen LogP contribution is 2.33. The Labute approximate surface area is 164 Å². The lowest BCUT2D eigenvalue weighted by molar-refractivity contribution is 0.174. The van der Waals surface area contributed by atoms with Gasteiger partial charge < -0.3 is 19.7 Å². The van der Waals surface area contributed by atoms with Gasteiger partial charge >= 0.3 is 6.03 Å². The predicted molar refractivity (Wildman–Crippen MR) is 108 cm³/mol. The molecule has 1 aliphatic rings. The maximum atomic E-state index is 13.1. The Bertz CT molecular complexity index is 973. The average Bonchev–Trinajstić information content (AvgIpc) is 3.18. The molecule has 0 atom stereocenters. The number of urea groups is 1. The van der Waals surface area contributed by atoms with Crippen LogP contribution >= 0.6 is 0 Å². The molecule has 1 N–H and O–H groups in total. The highest BCUT2D eigenvalue weighted by atomic mass is 16.7. The van der Waals surface area contributed by atoms with Crippen LogP contribution in [0.15, 0.2) is 72.8 Å². The van der Waals surface area contributed by atoms with E-state index in [0.29, 0.717) is 13.1 Å². The number of carbonyl (C=O) groups excluding carboxylic acids is 1. The average molecular weight is 374 g/mol.